The van der Waals surface area contributed by atoms with E-state index in [1.165, 1.54) is 0 Å². The van der Waals surface area contributed by atoms with Crippen molar-refractivity contribution in [2.24, 2.45) is 0 Å². The maximum Gasteiger partial charge on any atom is 0.251 e. The lowest BCUT2D eigenvalue weighted by Gasteiger charge is -2.16. The molecule has 6 heteroatoms. The van der Waals surface area contributed by atoms with Crippen molar-refractivity contribution in [2.45, 2.75) is 12.8 Å². The average molecular weight is 298 g/mol. The minimum atomic E-state index is -0.108. The number of nitrogens with zero attached hydrogens (tertiary/aromatic N) is 1. The number of carbonyl (C=O) groups is 2. The van der Waals surface area contributed by atoms with Gasteiger partial charge in [-0.3, -0.25) is 9.59 Å². The zero-order valence-electron chi connectivity index (χ0n) is 11.5. The maximum absolute atomic E-state index is 11.9. The number of likely N-dealkylation sites (N-methyl/N-ethyl adjacent to an activating group) is 1. The molecule has 0 radical (unpaired) electrons. The minimum absolute atomic E-state index is 0. The topological polar surface area (TPSA) is 61.4 Å². The second-order valence-corrected chi connectivity index (χ2v) is 4.56. The highest BCUT2D eigenvalue weighted by Crippen LogP contribution is 2.22. The van der Waals surface area contributed by atoms with Crippen LogP contribution in [0.2, 0.25) is 0 Å². The normalized spacial score (nSPS) is 14.1. The molecule has 1 aliphatic heterocycles. The largest absolute Gasteiger partial charge is 0.351 e. The first-order valence-electron chi connectivity index (χ1n) is 6.55. The minimum Gasteiger partial charge on any atom is -0.351 e. The predicted octanol–water partition coefficient (Wildman–Crippen LogP) is 1.18. The van der Waals surface area contributed by atoms with Crippen LogP contribution < -0.4 is 15.5 Å². The van der Waals surface area contributed by atoms with Crippen molar-refractivity contribution in [1.29, 1.82) is 0 Å². The standard InChI is InChI=1S/C14H19N3O2.ClH/c1-15-7-8-16-14(19)11-4-2-5-12(10-11)17-9-3-6-13(17)18;/h2,4-5,10,15H,3,6-9H2,1H3,(H,16,19);1H. The van der Waals surface area contributed by atoms with Crippen LogP contribution in [0, 0.1) is 0 Å². The number of anilines is 1. The molecule has 2 rings (SSSR count). The summed E-state index contributed by atoms with van der Waals surface area (Å²) in [7, 11) is 1.84. The van der Waals surface area contributed by atoms with E-state index in [0.717, 1.165) is 25.2 Å². The fraction of sp³-hybridized carbons (Fsp3) is 0.429. The quantitative estimate of drug-likeness (QED) is 0.803. The zero-order valence-corrected chi connectivity index (χ0v) is 12.3. The smallest absolute Gasteiger partial charge is 0.251 e. The van der Waals surface area contributed by atoms with Gasteiger partial charge in [0, 0.05) is 37.3 Å². The van der Waals surface area contributed by atoms with Gasteiger partial charge >= 0.3 is 0 Å². The molecule has 2 amide bonds. The first-order valence-corrected chi connectivity index (χ1v) is 6.55. The molecule has 110 valence electrons. The van der Waals surface area contributed by atoms with Crippen LogP contribution in [0.5, 0.6) is 0 Å². The van der Waals surface area contributed by atoms with Gasteiger partial charge in [-0.2, -0.15) is 0 Å². The first-order chi connectivity index (χ1) is 9.22. The molecule has 1 aromatic carbocycles. The Hall–Kier alpha value is -1.59. The van der Waals surface area contributed by atoms with Gasteiger partial charge in [0.1, 0.15) is 0 Å². The number of benzene rings is 1. The molecule has 20 heavy (non-hydrogen) atoms. The van der Waals surface area contributed by atoms with Crippen LogP contribution in [-0.2, 0) is 4.79 Å². The summed E-state index contributed by atoms with van der Waals surface area (Å²) in [5.74, 6) is 0.0245. The lowest BCUT2D eigenvalue weighted by atomic mass is 10.1. The van der Waals surface area contributed by atoms with Crippen molar-refractivity contribution in [1.82, 2.24) is 10.6 Å². The molecule has 1 saturated heterocycles. The molecule has 1 heterocycles. The summed E-state index contributed by atoms with van der Waals surface area (Å²) in [5.41, 5.74) is 1.40. The highest BCUT2D eigenvalue weighted by molar-refractivity contribution is 5.99. The Balaban J connectivity index is 0.00000200. The third-order valence-corrected chi connectivity index (χ3v) is 3.15. The molecule has 2 N–H and O–H groups in total. The predicted molar refractivity (Wildman–Crippen MR) is 81.5 cm³/mol. The third-order valence-electron chi connectivity index (χ3n) is 3.15. The number of rotatable bonds is 5. The van der Waals surface area contributed by atoms with Crippen molar-refractivity contribution >= 4 is 29.9 Å². The second kappa shape index (κ2) is 7.87. The summed E-state index contributed by atoms with van der Waals surface area (Å²) in [6, 6.07) is 7.22. The number of nitrogens with one attached hydrogen (secondary N) is 2. The van der Waals surface area contributed by atoms with Crippen molar-refractivity contribution in [2.75, 3.05) is 31.6 Å². The van der Waals surface area contributed by atoms with E-state index in [1.807, 2.05) is 19.2 Å². The van der Waals surface area contributed by atoms with Crippen LogP contribution in [0.3, 0.4) is 0 Å². The van der Waals surface area contributed by atoms with Crippen LogP contribution >= 0.6 is 12.4 Å². The molecule has 1 fully saturated rings. The van der Waals surface area contributed by atoms with Crippen LogP contribution in [0.25, 0.3) is 0 Å². The molecular weight excluding hydrogens is 278 g/mol. The number of halogens is 1. The highest BCUT2D eigenvalue weighted by Gasteiger charge is 2.22. The Morgan fingerprint density at radius 2 is 2.15 bits per heavy atom. The summed E-state index contributed by atoms with van der Waals surface area (Å²) < 4.78 is 0. The summed E-state index contributed by atoms with van der Waals surface area (Å²) >= 11 is 0. The Morgan fingerprint density at radius 3 is 2.80 bits per heavy atom. The molecule has 0 atom stereocenters. The maximum atomic E-state index is 11.9. The molecular formula is C14H20ClN3O2. The van der Waals surface area contributed by atoms with Gasteiger partial charge in [-0.1, -0.05) is 6.07 Å². The summed E-state index contributed by atoms with van der Waals surface area (Å²) in [6.45, 7) is 2.06. The van der Waals surface area contributed by atoms with Gasteiger partial charge in [0.15, 0.2) is 0 Å². The van der Waals surface area contributed by atoms with Gasteiger partial charge in [0.25, 0.3) is 5.91 Å². The number of carbonyl (C=O) groups excluding carboxylic acids is 2. The molecule has 1 aromatic rings. The van der Waals surface area contributed by atoms with Crippen molar-refractivity contribution in [3.8, 4) is 0 Å². The fourth-order valence-electron chi connectivity index (χ4n) is 2.14. The molecule has 5 nitrogen and oxygen atoms in total. The summed E-state index contributed by atoms with van der Waals surface area (Å²) in [4.78, 5) is 25.4. The highest BCUT2D eigenvalue weighted by atomic mass is 35.5. The molecule has 0 aromatic heterocycles. The molecule has 0 aliphatic carbocycles. The molecule has 0 spiro atoms. The fourth-order valence-corrected chi connectivity index (χ4v) is 2.14. The van der Waals surface area contributed by atoms with Gasteiger partial charge < -0.3 is 15.5 Å². The van der Waals surface area contributed by atoms with E-state index in [-0.39, 0.29) is 24.2 Å². The van der Waals surface area contributed by atoms with E-state index < -0.39 is 0 Å². The summed E-state index contributed by atoms with van der Waals surface area (Å²) in [5, 5.41) is 5.79. The number of amides is 2. The van der Waals surface area contributed by atoms with Gasteiger partial charge in [0.05, 0.1) is 0 Å². The lowest BCUT2D eigenvalue weighted by molar-refractivity contribution is -0.117. The number of hydrogen-bond donors (Lipinski definition) is 2. The zero-order chi connectivity index (χ0) is 13.7. The van der Waals surface area contributed by atoms with E-state index in [1.54, 1.807) is 17.0 Å². The van der Waals surface area contributed by atoms with Gasteiger partial charge in [0.2, 0.25) is 5.91 Å². The Kier molecular flexibility index (Phi) is 6.48. The molecule has 0 saturated carbocycles. The van der Waals surface area contributed by atoms with E-state index in [4.69, 9.17) is 0 Å². The average Bonchev–Trinajstić information content (AvgIpc) is 2.85. The Labute approximate surface area is 125 Å². The van der Waals surface area contributed by atoms with Crippen molar-refractivity contribution in [3.05, 3.63) is 29.8 Å². The van der Waals surface area contributed by atoms with Crippen LogP contribution in [0.15, 0.2) is 24.3 Å². The lowest BCUT2D eigenvalue weighted by Crippen LogP contribution is -2.30. The van der Waals surface area contributed by atoms with Crippen LogP contribution in [-0.4, -0.2) is 38.5 Å². The van der Waals surface area contributed by atoms with E-state index in [2.05, 4.69) is 10.6 Å². The summed E-state index contributed by atoms with van der Waals surface area (Å²) in [6.07, 6.45) is 1.48. The van der Waals surface area contributed by atoms with Crippen molar-refractivity contribution in [3.63, 3.8) is 0 Å². The van der Waals surface area contributed by atoms with Crippen LogP contribution in [0.4, 0.5) is 5.69 Å². The first kappa shape index (κ1) is 16.5. The Morgan fingerprint density at radius 1 is 1.35 bits per heavy atom. The third kappa shape index (κ3) is 3.95. The van der Waals surface area contributed by atoms with E-state index in [0.29, 0.717) is 18.5 Å². The van der Waals surface area contributed by atoms with Crippen LogP contribution in [0.1, 0.15) is 23.2 Å². The van der Waals surface area contributed by atoms with Gasteiger partial charge in [-0.15, -0.1) is 12.4 Å². The molecule has 0 unspecified atom stereocenters. The monoisotopic (exact) mass is 297 g/mol. The van der Waals surface area contributed by atoms with Gasteiger partial charge in [-0.25, -0.2) is 0 Å². The van der Waals surface area contributed by atoms with Crippen molar-refractivity contribution < 1.29 is 9.59 Å². The Bertz CT molecular complexity index is 479. The van der Waals surface area contributed by atoms with E-state index in [9.17, 15) is 9.59 Å². The SMILES string of the molecule is CNCCNC(=O)c1cccc(N2CCCC2=O)c1.Cl. The molecule has 0 bridgehead atoms. The second-order valence-electron chi connectivity index (χ2n) is 4.56. The molecule has 1 aliphatic rings. The number of hydrogen-bond acceptors (Lipinski definition) is 3. The van der Waals surface area contributed by atoms with Gasteiger partial charge in [-0.05, 0) is 31.7 Å². The van der Waals surface area contributed by atoms with E-state index >= 15 is 0 Å².